The minimum absolute atomic E-state index is 0.0654. The number of thioether (sulfide) groups is 1. The van der Waals surface area contributed by atoms with Crippen LogP contribution in [0.5, 0.6) is 0 Å². The summed E-state index contributed by atoms with van der Waals surface area (Å²) in [4.78, 5) is 14.0. The molecule has 23 heavy (non-hydrogen) atoms. The lowest BCUT2D eigenvalue weighted by Gasteiger charge is -2.26. The van der Waals surface area contributed by atoms with Gasteiger partial charge in [-0.05, 0) is 35.0 Å². The summed E-state index contributed by atoms with van der Waals surface area (Å²) < 4.78 is 6.86. The molecule has 122 valence electrons. The second-order valence-corrected chi connectivity index (χ2v) is 6.46. The average molecular weight is 354 g/mol. The smallest absolute Gasteiger partial charge is 0.233 e. The number of morpholine rings is 1. The lowest BCUT2D eigenvalue weighted by atomic mass is 10.2. The molecule has 0 saturated carbocycles. The number of nitrogens with zero attached hydrogens (tertiary/aromatic N) is 5. The van der Waals surface area contributed by atoms with Crippen LogP contribution in [0.15, 0.2) is 23.4 Å². The molecule has 0 atom stereocenters. The van der Waals surface area contributed by atoms with Crippen LogP contribution < -0.4 is 0 Å². The van der Waals surface area contributed by atoms with E-state index >= 15 is 0 Å². The van der Waals surface area contributed by atoms with E-state index in [2.05, 4.69) is 15.5 Å². The van der Waals surface area contributed by atoms with Gasteiger partial charge in [-0.3, -0.25) is 4.79 Å². The second kappa shape index (κ2) is 7.29. The highest BCUT2D eigenvalue weighted by atomic mass is 35.5. The summed E-state index contributed by atoms with van der Waals surface area (Å²) in [6, 6.07) is 5.54. The van der Waals surface area contributed by atoms with Crippen molar-refractivity contribution in [3.8, 4) is 5.69 Å². The number of tetrazole rings is 1. The average Bonchev–Trinajstić information content (AvgIpc) is 3.04. The fourth-order valence-corrected chi connectivity index (χ4v) is 3.21. The predicted molar refractivity (Wildman–Crippen MR) is 87.0 cm³/mol. The van der Waals surface area contributed by atoms with Gasteiger partial charge in [-0.15, -0.1) is 5.10 Å². The number of carbonyl (C=O) groups excluding carboxylic acids is 1. The minimum atomic E-state index is 0.0654. The number of halogens is 1. The Hall–Kier alpha value is -1.64. The molecule has 1 fully saturated rings. The maximum absolute atomic E-state index is 12.2. The third-order valence-corrected chi connectivity index (χ3v) is 4.67. The maximum Gasteiger partial charge on any atom is 0.233 e. The molecule has 0 aliphatic carbocycles. The highest BCUT2D eigenvalue weighted by molar-refractivity contribution is 7.99. The molecule has 0 bridgehead atoms. The number of hydrogen-bond donors (Lipinski definition) is 0. The Bertz CT molecular complexity index is 702. The van der Waals surface area contributed by atoms with E-state index in [0.717, 1.165) is 11.3 Å². The van der Waals surface area contributed by atoms with Gasteiger partial charge in [-0.2, -0.15) is 4.68 Å². The van der Waals surface area contributed by atoms with E-state index in [-0.39, 0.29) is 5.91 Å². The number of carbonyl (C=O) groups is 1. The Labute approximate surface area is 142 Å². The van der Waals surface area contributed by atoms with Gasteiger partial charge in [-0.25, -0.2) is 0 Å². The van der Waals surface area contributed by atoms with Crippen LogP contribution in [0.25, 0.3) is 5.69 Å². The van der Waals surface area contributed by atoms with Crippen molar-refractivity contribution < 1.29 is 9.53 Å². The molecule has 2 aromatic rings. The van der Waals surface area contributed by atoms with E-state index in [4.69, 9.17) is 16.3 Å². The summed E-state index contributed by atoms with van der Waals surface area (Å²) >= 11 is 7.37. The molecule has 1 aromatic carbocycles. The van der Waals surface area contributed by atoms with E-state index in [1.54, 1.807) is 15.6 Å². The van der Waals surface area contributed by atoms with Crippen molar-refractivity contribution in [1.29, 1.82) is 0 Å². The fourth-order valence-electron chi connectivity index (χ4n) is 2.26. The molecular weight excluding hydrogens is 338 g/mol. The van der Waals surface area contributed by atoms with Crippen LogP contribution >= 0.6 is 23.4 Å². The summed E-state index contributed by atoms with van der Waals surface area (Å²) in [5.74, 6) is 0.357. The molecule has 2 heterocycles. The molecule has 0 spiro atoms. The normalized spacial score (nSPS) is 15.0. The van der Waals surface area contributed by atoms with Gasteiger partial charge in [0, 0.05) is 18.1 Å². The highest BCUT2D eigenvalue weighted by Gasteiger charge is 2.19. The Morgan fingerprint density at radius 3 is 2.96 bits per heavy atom. The van der Waals surface area contributed by atoms with Gasteiger partial charge in [0.1, 0.15) is 0 Å². The molecule has 0 radical (unpaired) electrons. The molecule has 1 saturated heterocycles. The maximum atomic E-state index is 12.2. The number of aryl methyl sites for hydroxylation is 1. The van der Waals surface area contributed by atoms with Crippen LogP contribution in [0, 0.1) is 6.92 Å². The van der Waals surface area contributed by atoms with Crippen molar-refractivity contribution in [1.82, 2.24) is 25.1 Å². The van der Waals surface area contributed by atoms with Crippen molar-refractivity contribution in [2.24, 2.45) is 0 Å². The zero-order valence-electron chi connectivity index (χ0n) is 12.6. The number of amides is 1. The Morgan fingerprint density at radius 1 is 1.39 bits per heavy atom. The number of benzene rings is 1. The Morgan fingerprint density at radius 2 is 2.17 bits per heavy atom. The zero-order valence-corrected chi connectivity index (χ0v) is 14.2. The van der Waals surface area contributed by atoms with Crippen molar-refractivity contribution in [3.05, 3.63) is 28.8 Å². The van der Waals surface area contributed by atoms with E-state index in [1.165, 1.54) is 11.8 Å². The third-order valence-electron chi connectivity index (χ3n) is 3.53. The van der Waals surface area contributed by atoms with Gasteiger partial charge < -0.3 is 9.64 Å². The first kappa shape index (κ1) is 16.2. The molecule has 9 heteroatoms. The number of hydrogen-bond acceptors (Lipinski definition) is 6. The van der Waals surface area contributed by atoms with Crippen LogP contribution in [0.4, 0.5) is 0 Å². The summed E-state index contributed by atoms with van der Waals surface area (Å²) in [5.41, 5.74) is 1.81. The molecule has 7 nitrogen and oxygen atoms in total. The summed E-state index contributed by atoms with van der Waals surface area (Å²) in [6.07, 6.45) is 0. The van der Waals surface area contributed by atoms with Gasteiger partial charge in [0.25, 0.3) is 0 Å². The summed E-state index contributed by atoms with van der Waals surface area (Å²) in [7, 11) is 0. The standard InChI is InChI=1S/C14H16ClN5O2S/c1-10-2-3-11(15)8-12(10)20-14(16-17-18-20)23-9-13(21)19-4-6-22-7-5-19/h2-3,8H,4-7,9H2,1H3. The number of ether oxygens (including phenoxy) is 1. The fraction of sp³-hybridized carbons (Fsp3) is 0.429. The van der Waals surface area contributed by atoms with E-state index < -0.39 is 0 Å². The summed E-state index contributed by atoms with van der Waals surface area (Å²) in [5, 5.41) is 12.9. The monoisotopic (exact) mass is 353 g/mol. The van der Waals surface area contributed by atoms with Gasteiger partial charge in [0.2, 0.25) is 11.1 Å². The molecule has 1 aromatic heterocycles. The zero-order chi connectivity index (χ0) is 16.2. The minimum Gasteiger partial charge on any atom is -0.378 e. The summed E-state index contributed by atoms with van der Waals surface area (Å²) in [6.45, 7) is 4.42. The highest BCUT2D eigenvalue weighted by Crippen LogP contribution is 2.23. The van der Waals surface area contributed by atoms with E-state index in [1.807, 2.05) is 19.1 Å². The molecule has 1 amide bonds. The molecule has 1 aliphatic heterocycles. The second-order valence-electron chi connectivity index (χ2n) is 5.09. The van der Waals surface area contributed by atoms with Crippen LogP contribution in [-0.4, -0.2) is 63.1 Å². The van der Waals surface area contributed by atoms with Gasteiger partial charge in [-0.1, -0.05) is 29.4 Å². The van der Waals surface area contributed by atoms with Gasteiger partial charge in [0.15, 0.2) is 0 Å². The topological polar surface area (TPSA) is 73.1 Å². The lowest BCUT2D eigenvalue weighted by molar-refractivity contribution is -0.132. The lowest BCUT2D eigenvalue weighted by Crippen LogP contribution is -2.41. The Kier molecular flexibility index (Phi) is 5.14. The molecular formula is C14H16ClN5O2S. The van der Waals surface area contributed by atoms with Crippen LogP contribution in [0.2, 0.25) is 5.02 Å². The molecule has 0 unspecified atom stereocenters. The van der Waals surface area contributed by atoms with Crippen molar-refractivity contribution >= 4 is 29.3 Å². The van der Waals surface area contributed by atoms with Crippen LogP contribution in [0.3, 0.4) is 0 Å². The van der Waals surface area contributed by atoms with Crippen LogP contribution in [0.1, 0.15) is 5.56 Å². The predicted octanol–water partition coefficient (Wildman–Crippen LogP) is 1.58. The number of aromatic nitrogens is 4. The Balaban J connectivity index is 1.71. The van der Waals surface area contributed by atoms with Crippen molar-refractivity contribution in [3.63, 3.8) is 0 Å². The van der Waals surface area contributed by atoms with Gasteiger partial charge in [0.05, 0.1) is 24.7 Å². The SMILES string of the molecule is Cc1ccc(Cl)cc1-n1nnnc1SCC(=O)N1CCOCC1. The van der Waals surface area contributed by atoms with E-state index in [0.29, 0.717) is 42.2 Å². The first-order valence-corrected chi connectivity index (χ1v) is 8.55. The molecule has 1 aliphatic rings. The molecule has 0 N–H and O–H groups in total. The first-order valence-electron chi connectivity index (χ1n) is 7.18. The van der Waals surface area contributed by atoms with Gasteiger partial charge >= 0.3 is 0 Å². The van der Waals surface area contributed by atoms with Crippen LogP contribution in [-0.2, 0) is 9.53 Å². The van der Waals surface area contributed by atoms with E-state index in [9.17, 15) is 4.79 Å². The number of rotatable bonds is 4. The van der Waals surface area contributed by atoms with Crippen molar-refractivity contribution in [2.45, 2.75) is 12.1 Å². The van der Waals surface area contributed by atoms with Crippen molar-refractivity contribution in [2.75, 3.05) is 32.1 Å². The largest absolute Gasteiger partial charge is 0.378 e. The molecule has 3 rings (SSSR count). The quantitative estimate of drug-likeness (QED) is 0.777. The first-order chi connectivity index (χ1) is 11.1. The third kappa shape index (κ3) is 3.82.